The van der Waals surface area contributed by atoms with Crippen LogP contribution in [0, 0.1) is 5.82 Å². The van der Waals surface area contributed by atoms with Crippen LogP contribution >= 0.6 is 23.1 Å². The zero-order valence-corrected chi connectivity index (χ0v) is 24.6. The first-order chi connectivity index (χ1) is 21.3. The number of carbonyl (C=O) groups excluding carboxylic acids is 3. The van der Waals surface area contributed by atoms with Crippen LogP contribution in [0.25, 0.3) is 0 Å². The van der Waals surface area contributed by atoms with E-state index in [9.17, 15) is 48.8 Å². The summed E-state index contributed by atoms with van der Waals surface area (Å²) in [6, 6.07) is -1.54. The number of nitrogen functional groups attached to an aromatic ring is 1. The number of Topliss-reactive ketones (excluding diaryl/α,β-unsaturated/α-hetero) is 1. The number of aromatic nitrogens is 1. The number of amides is 2. The van der Waals surface area contributed by atoms with Crippen LogP contribution in [0.3, 0.4) is 0 Å². The fraction of sp³-hybridized carbons (Fsp3) is 0.346. The molecule has 1 saturated heterocycles. The Bertz CT molecular complexity index is 1660. The highest BCUT2D eigenvalue weighted by molar-refractivity contribution is 8.00. The molecule has 19 heteroatoms. The Hall–Kier alpha value is -4.75. The van der Waals surface area contributed by atoms with Gasteiger partial charge in [-0.3, -0.25) is 19.3 Å². The number of aliphatic carboxylic acids is 2. The van der Waals surface area contributed by atoms with Gasteiger partial charge < -0.3 is 42.0 Å². The number of nitrogens with zero attached hydrogens (tertiary/aromatic N) is 3. The first kappa shape index (κ1) is 31.7. The maximum Gasteiger partial charge on any atom is 0.352 e. The second-order valence-electron chi connectivity index (χ2n) is 10.3. The van der Waals surface area contributed by atoms with Crippen LogP contribution < -0.4 is 16.8 Å². The quantitative estimate of drug-likeness (QED) is 0.0594. The third kappa shape index (κ3) is 5.64. The van der Waals surface area contributed by atoms with Crippen LogP contribution in [0.5, 0.6) is 11.5 Å². The number of rotatable bonds is 10. The molecular weight excluding hydrogens is 639 g/mol. The Morgan fingerprint density at radius 2 is 1.89 bits per heavy atom. The smallest absolute Gasteiger partial charge is 0.352 e. The van der Waals surface area contributed by atoms with Gasteiger partial charge in [0.1, 0.15) is 22.8 Å². The van der Waals surface area contributed by atoms with Crippen molar-refractivity contribution >= 4 is 63.5 Å². The lowest BCUT2D eigenvalue weighted by Crippen LogP contribution is -2.71. The van der Waals surface area contributed by atoms with Crippen LogP contribution in [-0.2, 0) is 24.0 Å². The number of phenols is 2. The number of thioether (sulfide) groups is 1. The minimum atomic E-state index is -1.67. The highest BCUT2D eigenvalue weighted by Crippen LogP contribution is 2.42. The number of fused-ring (bicyclic) bond motifs is 1. The van der Waals surface area contributed by atoms with E-state index in [2.05, 4.69) is 15.5 Å². The summed E-state index contributed by atoms with van der Waals surface area (Å²) in [5.74, 6) is -9.17. The number of anilines is 1. The van der Waals surface area contributed by atoms with Crippen molar-refractivity contribution in [1.29, 1.82) is 0 Å². The molecule has 1 saturated carbocycles. The molecule has 0 radical (unpaired) electrons. The van der Waals surface area contributed by atoms with Gasteiger partial charge in [0, 0.05) is 29.5 Å². The summed E-state index contributed by atoms with van der Waals surface area (Å²) in [5.41, 5.74) is 8.40. The molecule has 238 valence electrons. The summed E-state index contributed by atoms with van der Waals surface area (Å²) in [5, 5.41) is 45.6. The van der Waals surface area contributed by atoms with Gasteiger partial charge in [-0.15, -0.1) is 23.1 Å². The molecule has 0 bridgehead atoms. The number of oxime groups is 1. The van der Waals surface area contributed by atoms with Gasteiger partial charge >= 0.3 is 11.9 Å². The van der Waals surface area contributed by atoms with Crippen molar-refractivity contribution in [3.05, 3.63) is 45.9 Å². The first-order valence-electron chi connectivity index (χ1n) is 13.2. The van der Waals surface area contributed by atoms with E-state index in [1.807, 2.05) is 0 Å². The monoisotopic (exact) mass is 664 g/mol. The maximum absolute atomic E-state index is 13.9. The first-order valence-corrected chi connectivity index (χ1v) is 15.1. The topological polar surface area (TPSA) is 268 Å². The van der Waals surface area contributed by atoms with Crippen LogP contribution in [0.2, 0.25) is 0 Å². The highest BCUT2D eigenvalue weighted by atomic mass is 32.2. The number of halogens is 1. The van der Waals surface area contributed by atoms with E-state index in [1.165, 1.54) is 5.38 Å². The summed E-state index contributed by atoms with van der Waals surface area (Å²) in [6.45, 7) is 0. The van der Waals surface area contributed by atoms with E-state index >= 15 is 0 Å². The van der Waals surface area contributed by atoms with Gasteiger partial charge in [-0.25, -0.2) is 19.0 Å². The molecule has 1 aliphatic carbocycles. The summed E-state index contributed by atoms with van der Waals surface area (Å²) in [4.78, 5) is 74.1. The summed E-state index contributed by atoms with van der Waals surface area (Å²) < 4.78 is 13.9. The Labute approximate surface area is 260 Å². The molecule has 3 atom stereocenters. The Kier molecular flexibility index (Phi) is 8.43. The third-order valence-corrected chi connectivity index (χ3v) is 9.54. The molecule has 3 heterocycles. The molecule has 1 aromatic carbocycles. The lowest BCUT2D eigenvalue weighted by Gasteiger charge is -2.49. The molecule has 45 heavy (non-hydrogen) atoms. The number of carbonyl (C=O) groups is 5. The number of ketones is 1. The number of hydrogen-bond acceptors (Lipinski definition) is 14. The molecule has 5 rings (SSSR count). The average molecular weight is 665 g/mol. The van der Waals surface area contributed by atoms with E-state index in [4.69, 9.17) is 16.3 Å². The summed E-state index contributed by atoms with van der Waals surface area (Å²) >= 11 is 1.96. The lowest BCUT2D eigenvalue weighted by atomic mass is 9.94. The maximum atomic E-state index is 13.9. The number of hydrogen-bond donors (Lipinski definition) is 7. The molecule has 1 aromatic heterocycles. The van der Waals surface area contributed by atoms with Crippen molar-refractivity contribution in [3.63, 3.8) is 0 Å². The molecule has 9 N–H and O–H groups in total. The van der Waals surface area contributed by atoms with E-state index in [-0.39, 0.29) is 35.0 Å². The number of phenolic OH excluding ortho intramolecular Hbond substituents is 2. The molecule has 2 aromatic rings. The number of aromatic hydroxyl groups is 2. The van der Waals surface area contributed by atoms with Crippen LogP contribution in [0.1, 0.15) is 41.7 Å². The number of benzene rings is 1. The predicted octanol–water partition coefficient (Wildman–Crippen LogP) is 0.343. The third-order valence-electron chi connectivity index (χ3n) is 7.56. The van der Waals surface area contributed by atoms with E-state index < -0.39 is 86.9 Å². The van der Waals surface area contributed by atoms with Gasteiger partial charge in [0.25, 0.3) is 11.8 Å². The fourth-order valence-electron chi connectivity index (χ4n) is 5.18. The predicted molar refractivity (Wildman–Crippen MR) is 155 cm³/mol. The molecule has 2 aliphatic heterocycles. The van der Waals surface area contributed by atoms with Crippen molar-refractivity contribution in [2.45, 2.75) is 48.7 Å². The van der Waals surface area contributed by atoms with Crippen LogP contribution in [0.15, 0.2) is 33.9 Å². The van der Waals surface area contributed by atoms with E-state index in [1.54, 1.807) is 0 Å². The van der Waals surface area contributed by atoms with Gasteiger partial charge in [0.15, 0.2) is 33.9 Å². The lowest BCUT2D eigenvalue weighted by molar-refractivity contribution is -0.165. The van der Waals surface area contributed by atoms with Crippen molar-refractivity contribution in [3.8, 4) is 11.5 Å². The number of β-lactam (4-membered cyclic amide) rings is 1. The molecule has 2 fully saturated rings. The molecule has 2 unspecified atom stereocenters. The SMILES string of the molecule is Nc1nc(/C(=N/OC2(C(=O)O)CCCC2)C(=O)NC2C(=O)N3C(C(=O)O)=C(C(N)C(=O)c4cc(O)c(O)c(F)c4)CS[C@@H]23)cs1. The summed E-state index contributed by atoms with van der Waals surface area (Å²) in [6.07, 6.45) is 1.47. The minimum Gasteiger partial charge on any atom is -0.504 e. The van der Waals surface area contributed by atoms with Crippen LogP contribution in [0.4, 0.5) is 9.52 Å². The van der Waals surface area contributed by atoms with Crippen LogP contribution in [-0.4, -0.2) is 94.4 Å². The molecular formula is C26H25FN6O10S2. The van der Waals surface area contributed by atoms with Gasteiger partial charge in [0.05, 0.1) is 6.04 Å². The number of carboxylic acid groups (broad SMARTS) is 2. The largest absolute Gasteiger partial charge is 0.504 e. The molecule has 3 aliphatic rings. The standard InChI is InChI=1S/C26H25FN6O10S2/c27-11-5-9(6-13(34)19(11)36)18(35)14(28)10-7-44-22-16(21(38)33(22)17(10)23(39)40)31-20(37)15(12-8-45-25(29)30-12)32-43-26(24(41)42)3-1-2-4-26/h5-6,8,14,16,22,34,36H,1-4,7,28H2,(H2,29,30)(H,31,37)(H,39,40)(H,41,42)/b32-15-/t14?,16?,22-/m0/s1. The van der Waals surface area contributed by atoms with Crippen molar-refractivity contribution < 1.29 is 53.6 Å². The zero-order valence-electron chi connectivity index (χ0n) is 22.9. The number of nitrogens with one attached hydrogen (secondary N) is 1. The number of thiazole rings is 1. The minimum absolute atomic E-state index is 0.0388. The molecule has 16 nitrogen and oxygen atoms in total. The number of nitrogens with two attached hydrogens (primary N) is 2. The summed E-state index contributed by atoms with van der Waals surface area (Å²) in [7, 11) is 0. The second-order valence-corrected chi connectivity index (χ2v) is 12.3. The number of carboxylic acids is 2. The normalized spacial score (nSPS) is 21.5. The second kappa shape index (κ2) is 12.0. The van der Waals surface area contributed by atoms with E-state index in [0.29, 0.717) is 18.9 Å². The Balaban J connectivity index is 1.38. The Morgan fingerprint density at radius 1 is 1.20 bits per heavy atom. The molecule has 2 amide bonds. The molecule has 0 spiro atoms. The average Bonchev–Trinajstić information content (AvgIpc) is 3.66. The van der Waals surface area contributed by atoms with Crippen molar-refractivity contribution in [2.75, 3.05) is 11.5 Å². The van der Waals surface area contributed by atoms with Crippen molar-refractivity contribution in [1.82, 2.24) is 15.2 Å². The van der Waals surface area contributed by atoms with Gasteiger partial charge in [-0.2, -0.15) is 0 Å². The van der Waals surface area contributed by atoms with Crippen molar-refractivity contribution in [2.24, 2.45) is 10.9 Å². The fourth-order valence-corrected chi connectivity index (χ4v) is 7.13. The van der Waals surface area contributed by atoms with E-state index in [0.717, 1.165) is 34.1 Å². The van der Waals surface area contributed by atoms with Gasteiger partial charge in [-0.05, 0) is 30.5 Å². The Morgan fingerprint density at radius 3 is 2.47 bits per heavy atom. The zero-order chi connectivity index (χ0) is 32.8. The van der Waals surface area contributed by atoms with Gasteiger partial charge in [-0.1, -0.05) is 5.16 Å². The highest BCUT2D eigenvalue weighted by Gasteiger charge is 2.55. The van der Waals surface area contributed by atoms with Gasteiger partial charge in [0.2, 0.25) is 5.60 Å².